The van der Waals surface area contributed by atoms with Gasteiger partial charge in [0, 0.05) is 17.1 Å². The zero-order chi connectivity index (χ0) is 15.4. The Balaban J connectivity index is 2.12. The van der Waals surface area contributed by atoms with Crippen molar-refractivity contribution >= 4 is 11.6 Å². The monoisotopic (exact) mass is 307 g/mol. The SMILES string of the molecule is COc1ccc(C(C)N[C@H](C)c2ccccc2Cl)cc1F. The van der Waals surface area contributed by atoms with Gasteiger partial charge in [0.05, 0.1) is 7.11 Å². The second-order valence-corrected chi connectivity index (χ2v) is 5.43. The zero-order valence-corrected chi connectivity index (χ0v) is 13.1. The molecule has 0 saturated carbocycles. The van der Waals surface area contributed by atoms with Crippen LogP contribution in [-0.2, 0) is 0 Å². The normalized spacial score (nSPS) is 13.8. The first-order valence-corrected chi connectivity index (χ1v) is 7.24. The van der Waals surface area contributed by atoms with Crippen molar-refractivity contribution in [1.82, 2.24) is 5.32 Å². The summed E-state index contributed by atoms with van der Waals surface area (Å²) in [6, 6.07) is 12.8. The maximum absolute atomic E-state index is 13.8. The van der Waals surface area contributed by atoms with E-state index >= 15 is 0 Å². The Morgan fingerprint density at radius 1 is 1.10 bits per heavy atom. The predicted octanol–water partition coefficient (Wildman–Crippen LogP) is 4.90. The second-order valence-electron chi connectivity index (χ2n) is 5.03. The minimum atomic E-state index is -0.353. The molecule has 0 fully saturated rings. The highest BCUT2D eigenvalue weighted by molar-refractivity contribution is 6.31. The molecular formula is C17H19ClFNO. The van der Waals surface area contributed by atoms with Gasteiger partial charge in [-0.1, -0.05) is 35.9 Å². The molecule has 0 radical (unpaired) electrons. The third-order valence-corrected chi connectivity index (χ3v) is 3.89. The Kier molecular flexibility index (Phi) is 5.21. The van der Waals surface area contributed by atoms with Crippen molar-refractivity contribution in [3.8, 4) is 5.75 Å². The summed E-state index contributed by atoms with van der Waals surface area (Å²) >= 11 is 6.20. The molecule has 0 spiro atoms. The van der Waals surface area contributed by atoms with Gasteiger partial charge in [-0.25, -0.2) is 4.39 Å². The molecule has 0 aliphatic carbocycles. The van der Waals surface area contributed by atoms with E-state index in [1.165, 1.54) is 13.2 Å². The Labute approximate surface area is 129 Å². The Hall–Kier alpha value is -1.58. The first-order chi connectivity index (χ1) is 10.0. The molecule has 0 amide bonds. The van der Waals surface area contributed by atoms with Gasteiger partial charge in [0.1, 0.15) is 0 Å². The second kappa shape index (κ2) is 6.92. The van der Waals surface area contributed by atoms with E-state index in [9.17, 15) is 4.39 Å². The smallest absolute Gasteiger partial charge is 0.165 e. The maximum Gasteiger partial charge on any atom is 0.165 e. The summed E-state index contributed by atoms with van der Waals surface area (Å²) in [4.78, 5) is 0. The molecule has 0 aromatic heterocycles. The van der Waals surface area contributed by atoms with E-state index in [4.69, 9.17) is 16.3 Å². The lowest BCUT2D eigenvalue weighted by Gasteiger charge is -2.22. The largest absolute Gasteiger partial charge is 0.494 e. The molecule has 0 heterocycles. The van der Waals surface area contributed by atoms with Gasteiger partial charge >= 0.3 is 0 Å². The van der Waals surface area contributed by atoms with Crippen LogP contribution in [0.2, 0.25) is 5.02 Å². The standard InChI is InChI=1S/C17H19ClFNO/c1-11(13-8-9-17(21-3)16(19)10-13)20-12(2)14-6-4-5-7-15(14)18/h4-12,20H,1-3H3/t11?,12-/m1/s1. The molecular weight excluding hydrogens is 289 g/mol. The molecule has 0 saturated heterocycles. The third kappa shape index (κ3) is 3.74. The highest BCUT2D eigenvalue weighted by Gasteiger charge is 2.14. The first-order valence-electron chi connectivity index (χ1n) is 6.87. The van der Waals surface area contributed by atoms with Gasteiger partial charge in [-0.05, 0) is 43.2 Å². The Morgan fingerprint density at radius 3 is 2.43 bits per heavy atom. The quantitative estimate of drug-likeness (QED) is 0.848. The van der Waals surface area contributed by atoms with Crippen LogP contribution in [0, 0.1) is 5.82 Å². The molecule has 2 nitrogen and oxygen atoms in total. The number of rotatable bonds is 5. The van der Waals surface area contributed by atoms with Crippen molar-refractivity contribution in [2.75, 3.05) is 7.11 Å². The zero-order valence-electron chi connectivity index (χ0n) is 12.4. The number of ether oxygens (including phenoxy) is 1. The number of halogens is 2. The summed E-state index contributed by atoms with van der Waals surface area (Å²) in [7, 11) is 1.46. The summed E-state index contributed by atoms with van der Waals surface area (Å²) in [6.45, 7) is 4.03. The molecule has 0 aliphatic rings. The fourth-order valence-corrected chi connectivity index (χ4v) is 2.64. The molecule has 21 heavy (non-hydrogen) atoms. The Bertz CT molecular complexity index is 617. The summed E-state index contributed by atoms with van der Waals surface area (Å²) < 4.78 is 18.7. The molecule has 1 unspecified atom stereocenters. The summed E-state index contributed by atoms with van der Waals surface area (Å²) in [6.07, 6.45) is 0. The molecule has 112 valence electrons. The van der Waals surface area contributed by atoms with Gasteiger partial charge < -0.3 is 10.1 Å². The van der Waals surface area contributed by atoms with Crippen molar-refractivity contribution in [3.05, 3.63) is 64.4 Å². The molecule has 2 rings (SSSR count). The number of methoxy groups -OCH3 is 1. The molecule has 0 aliphatic heterocycles. The van der Waals surface area contributed by atoms with Gasteiger partial charge in [0.15, 0.2) is 11.6 Å². The molecule has 2 aromatic rings. The van der Waals surface area contributed by atoms with Crippen molar-refractivity contribution < 1.29 is 9.13 Å². The molecule has 4 heteroatoms. The lowest BCUT2D eigenvalue weighted by atomic mass is 10.0. The highest BCUT2D eigenvalue weighted by Crippen LogP contribution is 2.26. The van der Waals surface area contributed by atoms with Crippen LogP contribution >= 0.6 is 11.6 Å². The minimum Gasteiger partial charge on any atom is -0.494 e. The summed E-state index contributed by atoms with van der Waals surface area (Å²) in [5, 5.41) is 4.15. The summed E-state index contributed by atoms with van der Waals surface area (Å²) in [5.41, 5.74) is 1.90. The van der Waals surface area contributed by atoms with Gasteiger partial charge in [0.2, 0.25) is 0 Å². The average molecular weight is 308 g/mol. The van der Waals surface area contributed by atoms with E-state index in [-0.39, 0.29) is 23.7 Å². The fourth-order valence-electron chi connectivity index (χ4n) is 2.34. The van der Waals surface area contributed by atoms with Crippen LogP contribution in [0.3, 0.4) is 0 Å². The van der Waals surface area contributed by atoms with E-state index in [0.29, 0.717) is 0 Å². The number of benzene rings is 2. The maximum atomic E-state index is 13.8. The molecule has 0 bridgehead atoms. The fraction of sp³-hybridized carbons (Fsp3) is 0.294. The van der Waals surface area contributed by atoms with Crippen molar-refractivity contribution in [1.29, 1.82) is 0 Å². The molecule has 2 aromatic carbocycles. The van der Waals surface area contributed by atoms with Crippen LogP contribution < -0.4 is 10.1 Å². The van der Waals surface area contributed by atoms with Crippen molar-refractivity contribution in [2.24, 2.45) is 0 Å². The van der Waals surface area contributed by atoms with Crippen LogP contribution in [0.25, 0.3) is 0 Å². The lowest BCUT2D eigenvalue weighted by Crippen LogP contribution is -2.22. The van der Waals surface area contributed by atoms with Crippen LogP contribution in [0.4, 0.5) is 4.39 Å². The van der Waals surface area contributed by atoms with Gasteiger partial charge in [-0.3, -0.25) is 0 Å². The minimum absolute atomic E-state index is 0.00308. The predicted molar refractivity (Wildman–Crippen MR) is 84.4 cm³/mol. The average Bonchev–Trinajstić information content (AvgIpc) is 2.47. The van der Waals surface area contributed by atoms with Gasteiger partial charge in [0.25, 0.3) is 0 Å². The van der Waals surface area contributed by atoms with E-state index in [2.05, 4.69) is 5.32 Å². The van der Waals surface area contributed by atoms with E-state index in [1.807, 2.05) is 44.2 Å². The van der Waals surface area contributed by atoms with E-state index < -0.39 is 0 Å². The van der Waals surface area contributed by atoms with Crippen molar-refractivity contribution in [3.63, 3.8) is 0 Å². The lowest BCUT2D eigenvalue weighted by molar-refractivity contribution is 0.385. The van der Waals surface area contributed by atoms with Gasteiger partial charge in [-0.2, -0.15) is 0 Å². The van der Waals surface area contributed by atoms with Crippen LogP contribution in [0.15, 0.2) is 42.5 Å². The van der Waals surface area contributed by atoms with Gasteiger partial charge in [-0.15, -0.1) is 0 Å². The number of hydrogen-bond acceptors (Lipinski definition) is 2. The van der Waals surface area contributed by atoms with Crippen LogP contribution in [0.5, 0.6) is 5.75 Å². The number of hydrogen-bond donors (Lipinski definition) is 1. The topological polar surface area (TPSA) is 21.3 Å². The third-order valence-electron chi connectivity index (χ3n) is 3.55. The van der Waals surface area contributed by atoms with Crippen molar-refractivity contribution in [2.45, 2.75) is 25.9 Å². The molecule has 1 N–H and O–H groups in total. The van der Waals surface area contributed by atoms with E-state index in [1.54, 1.807) is 6.07 Å². The Morgan fingerprint density at radius 2 is 1.81 bits per heavy atom. The van der Waals surface area contributed by atoms with E-state index in [0.717, 1.165) is 16.1 Å². The molecule has 2 atom stereocenters. The summed E-state index contributed by atoms with van der Waals surface area (Å²) in [5.74, 6) is -0.0980. The van der Waals surface area contributed by atoms with Crippen LogP contribution in [-0.4, -0.2) is 7.11 Å². The highest BCUT2D eigenvalue weighted by atomic mass is 35.5. The first kappa shape index (κ1) is 15.8. The van der Waals surface area contributed by atoms with Crippen LogP contribution in [0.1, 0.15) is 37.1 Å². The number of nitrogens with one attached hydrogen (secondary N) is 1.